The second-order valence-electron chi connectivity index (χ2n) is 5.17. The molecule has 2 fully saturated rings. The lowest BCUT2D eigenvalue weighted by atomic mass is 9.93. The second kappa shape index (κ2) is 5.38. The van der Waals surface area contributed by atoms with Crippen LogP contribution in [-0.2, 0) is 0 Å². The van der Waals surface area contributed by atoms with E-state index in [1.54, 1.807) is 4.90 Å². The van der Waals surface area contributed by atoms with Gasteiger partial charge in [-0.1, -0.05) is 12.8 Å². The highest BCUT2D eigenvalue weighted by Crippen LogP contribution is 2.24. The van der Waals surface area contributed by atoms with Gasteiger partial charge < -0.3 is 16.0 Å². The molecule has 0 atom stereocenters. The number of rotatable bonds is 4. The highest BCUT2D eigenvalue weighted by Gasteiger charge is 2.29. The summed E-state index contributed by atoms with van der Waals surface area (Å²) < 4.78 is 0. The first kappa shape index (κ1) is 12.2. The van der Waals surface area contributed by atoms with Crippen molar-refractivity contribution >= 4 is 11.9 Å². The second-order valence-corrected chi connectivity index (χ2v) is 5.17. The predicted molar refractivity (Wildman–Crippen MR) is 67.0 cm³/mol. The maximum absolute atomic E-state index is 12.1. The van der Waals surface area contributed by atoms with Crippen molar-refractivity contribution in [3.8, 4) is 0 Å². The van der Waals surface area contributed by atoms with Crippen molar-refractivity contribution in [1.29, 1.82) is 5.41 Å². The van der Waals surface area contributed by atoms with Crippen LogP contribution in [0.3, 0.4) is 0 Å². The molecule has 5 nitrogen and oxygen atoms in total. The standard InChI is InChI=1S/C12H22N4O/c13-11(14)8-16(10-6-1-2-7-10)12(17)15-9-4-3-5-9/h9-10H,1-8H2,(H3,13,14)(H,15,17). The fourth-order valence-electron chi connectivity index (χ4n) is 2.58. The van der Waals surface area contributed by atoms with Crippen molar-refractivity contribution in [2.24, 2.45) is 5.73 Å². The summed E-state index contributed by atoms with van der Waals surface area (Å²) in [5.74, 6) is 0.0701. The Morgan fingerprint density at radius 3 is 2.35 bits per heavy atom. The Morgan fingerprint density at radius 1 is 1.24 bits per heavy atom. The third kappa shape index (κ3) is 3.11. The van der Waals surface area contributed by atoms with Crippen LogP contribution in [0.5, 0.6) is 0 Å². The minimum absolute atomic E-state index is 0.0307. The van der Waals surface area contributed by atoms with E-state index in [1.807, 2.05) is 0 Å². The van der Waals surface area contributed by atoms with Gasteiger partial charge in [-0.3, -0.25) is 5.41 Å². The average Bonchev–Trinajstić information content (AvgIpc) is 2.72. The topological polar surface area (TPSA) is 82.2 Å². The van der Waals surface area contributed by atoms with Gasteiger partial charge in [0.05, 0.1) is 6.54 Å². The zero-order valence-corrected chi connectivity index (χ0v) is 10.2. The summed E-state index contributed by atoms with van der Waals surface area (Å²) in [5, 5.41) is 10.4. The Balaban J connectivity index is 1.92. The van der Waals surface area contributed by atoms with Gasteiger partial charge in [-0.2, -0.15) is 0 Å². The Hall–Kier alpha value is -1.26. The summed E-state index contributed by atoms with van der Waals surface area (Å²) in [7, 11) is 0. The monoisotopic (exact) mass is 238 g/mol. The van der Waals surface area contributed by atoms with Gasteiger partial charge in [0.15, 0.2) is 0 Å². The third-order valence-corrected chi connectivity index (χ3v) is 3.80. The Labute approximate surface area is 102 Å². The van der Waals surface area contributed by atoms with Gasteiger partial charge in [-0.15, -0.1) is 0 Å². The molecule has 0 aromatic heterocycles. The number of carbonyl (C=O) groups is 1. The Kier molecular flexibility index (Phi) is 3.86. The van der Waals surface area contributed by atoms with Gasteiger partial charge in [0.1, 0.15) is 5.84 Å². The number of nitrogens with zero attached hydrogens (tertiary/aromatic N) is 1. The molecule has 5 heteroatoms. The molecule has 2 saturated carbocycles. The number of carbonyl (C=O) groups excluding carboxylic acids is 1. The summed E-state index contributed by atoms with van der Waals surface area (Å²) >= 11 is 0. The van der Waals surface area contributed by atoms with Crippen LogP contribution < -0.4 is 11.1 Å². The van der Waals surface area contributed by atoms with Crippen molar-refractivity contribution in [1.82, 2.24) is 10.2 Å². The van der Waals surface area contributed by atoms with Gasteiger partial charge in [-0.05, 0) is 32.1 Å². The first-order valence-corrected chi connectivity index (χ1v) is 6.57. The Morgan fingerprint density at radius 2 is 1.88 bits per heavy atom. The summed E-state index contributed by atoms with van der Waals surface area (Å²) in [6.07, 6.45) is 7.83. The summed E-state index contributed by atoms with van der Waals surface area (Å²) in [5.41, 5.74) is 5.44. The van der Waals surface area contributed by atoms with E-state index in [9.17, 15) is 4.79 Å². The number of amides is 2. The first-order chi connectivity index (χ1) is 8.16. The number of urea groups is 1. The summed E-state index contributed by atoms with van der Waals surface area (Å²) in [6, 6.07) is 0.592. The van der Waals surface area contributed by atoms with E-state index in [2.05, 4.69) is 5.32 Å². The van der Waals surface area contributed by atoms with Crippen LogP contribution in [0.1, 0.15) is 44.9 Å². The van der Waals surface area contributed by atoms with Crippen molar-refractivity contribution in [2.75, 3.05) is 6.54 Å². The van der Waals surface area contributed by atoms with Crippen LogP contribution >= 0.6 is 0 Å². The van der Waals surface area contributed by atoms with E-state index in [0.29, 0.717) is 6.04 Å². The van der Waals surface area contributed by atoms with Crippen LogP contribution in [0, 0.1) is 5.41 Å². The molecule has 0 unspecified atom stereocenters. The molecule has 4 N–H and O–H groups in total. The van der Waals surface area contributed by atoms with Gasteiger partial charge in [-0.25, -0.2) is 4.79 Å². The van der Waals surface area contributed by atoms with Gasteiger partial charge in [0.2, 0.25) is 0 Å². The molecule has 0 aliphatic heterocycles. The molecule has 96 valence electrons. The molecule has 0 heterocycles. The molecule has 2 aliphatic rings. The van der Waals surface area contributed by atoms with Crippen LogP contribution in [0.25, 0.3) is 0 Å². The lowest BCUT2D eigenvalue weighted by molar-refractivity contribution is 0.174. The Bertz CT molecular complexity index is 295. The predicted octanol–water partition coefficient (Wildman–Crippen LogP) is 1.43. The minimum Gasteiger partial charge on any atom is -0.386 e. The molecule has 0 aromatic carbocycles. The van der Waals surface area contributed by atoms with Crippen LogP contribution in [0.2, 0.25) is 0 Å². The molecule has 0 bridgehead atoms. The van der Waals surface area contributed by atoms with Crippen LogP contribution in [0.15, 0.2) is 0 Å². The number of amidine groups is 1. The molecule has 2 rings (SSSR count). The lowest BCUT2D eigenvalue weighted by Crippen LogP contribution is -2.52. The van der Waals surface area contributed by atoms with Crippen molar-refractivity contribution in [3.05, 3.63) is 0 Å². The van der Waals surface area contributed by atoms with E-state index < -0.39 is 0 Å². The maximum atomic E-state index is 12.1. The van der Waals surface area contributed by atoms with Crippen LogP contribution in [-0.4, -0.2) is 35.4 Å². The SMILES string of the molecule is N=C(N)CN(C(=O)NC1CCC1)C1CCCC1. The number of nitrogens with one attached hydrogen (secondary N) is 2. The van der Waals surface area contributed by atoms with E-state index in [1.165, 1.54) is 19.3 Å². The number of hydrogen-bond acceptors (Lipinski definition) is 2. The quantitative estimate of drug-likeness (QED) is 0.511. The van der Waals surface area contributed by atoms with Crippen molar-refractivity contribution < 1.29 is 4.79 Å². The average molecular weight is 238 g/mol. The van der Waals surface area contributed by atoms with Crippen LogP contribution in [0.4, 0.5) is 4.79 Å². The highest BCUT2D eigenvalue weighted by atomic mass is 16.2. The molecular weight excluding hydrogens is 216 g/mol. The van der Waals surface area contributed by atoms with Gasteiger partial charge in [0, 0.05) is 12.1 Å². The fourth-order valence-corrected chi connectivity index (χ4v) is 2.58. The van der Waals surface area contributed by atoms with E-state index in [4.69, 9.17) is 11.1 Å². The summed E-state index contributed by atoms with van der Waals surface area (Å²) in [6.45, 7) is 0.267. The largest absolute Gasteiger partial charge is 0.386 e. The van der Waals surface area contributed by atoms with Crippen molar-refractivity contribution in [2.45, 2.75) is 57.0 Å². The van der Waals surface area contributed by atoms with Gasteiger partial charge >= 0.3 is 6.03 Å². The van der Waals surface area contributed by atoms with E-state index >= 15 is 0 Å². The summed E-state index contributed by atoms with van der Waals surface area (Å²) in [4.78, 5) is 13.9. The minimum atomic E-state index is -0.0307. The number of hydrogen-bond donors (Lipinski definition) is 3. The smallest absolute Gasteiger partial charge is 0.318 e. The lowest BCUT2D eigenvalue weighted by Gasteiger charge is -2.33. The first-order valence-electron chi connectivity index (χ1n) is 6.57. The third-order valence-electron chi connectivity index (χ3n) is 3.80. The molecule has 2 amide bonds. The molecule has 2 aliphatic carbocycles. The molecule has 0 spiro atoms. The molecular formula is C12H22N4O. The van der Waals surface area contributed by atoms with E-state index in [0.717, 1.165) is 25.7 Å². The highest BCUT2D eigenvalue weighted by molar-refractivity contribution is 5.85. The zero-order valence-electron chi connectivity index (χ0n) is 10.2. The molecule has 0 saturated heterocycles. The number of nitrogens with two attached hydrogens (primary N) is 1. The van der Waals surface area contributed by atoms with Crippen molar-refractivity contribution in [3.63, 3.8) is 0 Å². The normalized spacial score (nSPS) is 20.9. The molecule has 0 radical (unpaired) electrons. The van der Waals surface area contributed by atoms with Gasteiger partial charge in [0.25, 0.3) is 0 Å². The molecule has 17 heavy (non-hydrogen) atoms. The zero-order chi connectivity index (χ0) is 12.3. The maximum Gasteiger partial charge on any atom is 0.318 e. The molecule has 0 aromatic rings. The fraction of sp³-hybridized carbons (Fsp3) is 0.833. The van der Waals surface area contributed by atoms with E-state index in [-0.39, 0.29) is 24.5 Å².